The molecule has 31 heavy (non-hydrogen) atoms. The first-order valence-corrected chi connectivity index (χ1v) is 10.6. The monoisotopic (exact) mass is 423 g/mol. The third kappa shape index (κ3) is 3.71. The normalized spacial score (nSPS) is 17.9. The third-order valence-corrected chi connectivity index (χ3v) is 6.62. The second-order valence-corrected chi connectivity index (χ2v) is 9.15. The molecule has 1 aliphatic carbocycles. The van der Waals surface area contributed by atoms with E-state index in [1.165, 1.54) is 17.9 Å². The molecule has 1 saturated carbocycles. The number of amides is 1. The van der Waals surface area contributed by atoms with Gasteiger partial charge in [0.05, 0.1) is 6.33 Å². The van der Waals surface area contributed by atoms with Gasteiger partial charge in [-0.15, -0.1) is 0 Å². The second kappa shape index (κ2) is 7.83. The Hall–Kier alpha value is -3.16. The van der Waals surface area contributed by atoms with Crippen LogP contribution in [0.1, 0.15) is 38.7 Å². The number of hydrogen-bond donors (Lipinski definition) is 0. The first-order chi connectivity index (χ1) is 14.7. The zero-order valence-corrected chi connectivity index (χ0v) is 18.5. The molecule has 8 heteroatoms. The molecule has 2 heterocycles. The summed E-state index contributed by atoms with van der Waals surface area (Å²) in [5.74, 6) is -0.0564. The molecule has 3 aromatic rings. The van der Waals surface area contributed by atoms with Gasteiger partial charge in [-0.2, -0.15) is 0 Å². The second-order valence-electron chi connectivity index (χ2n) is 9.15. The summed E-state index contributed by atoms with van der Waals surface area (Å²) in [6, 6.07) is 10.1. The zero-order chi connectivity index (χ0) is 22.3. The van der Waals surface area contributed by atoms with E-state index in [9.17, 15) is 14.4 Å². The average Bonchev–Trinajstić information content (AvgIpc) is 3.32. The van der Waals surface area contributed by atoms with Gasteiger partial charge < -0.3 is 9.47 Å². The van der Waals surface area contributed by atoms with Gasteiger partial charge in [-0.3, -0.25) is 18.7 Å². The Morgan fingerprint density at radius 1 is 1.16 bits per heavy atom. The van der Waals surface area contributed by atoms with Crippen LogP contribution in [-0.4, -0.2) is 35.5 Å². The number of benzene rings is 1. The lowest BCUT2D eigenvalue weighted by molar-refractivity contribution is -0.137. The van der Waals surface area contributed by atoms with Gasteiger partial charge in [0.25, 0.3) is 5.56 Å². The maximum atomic E-state index is 13.6. The van der Waals surface area contributed by atoms with Crippen molar-refractivity contribution < 1.29 is 4.79 Å². The largest absolute Gasteiger partial charge is 0.333 e. The number of rotatable bonds is 5. The van der Waals surface area contributed by atoms with Crippen molar-refractivity contribution in [3.63, 3.8) is 0 Å². The lowest BCUT2D eigenvalue weighted by Gasteiger charge is -2.38. The van der Waals surface area contributed by atoms with Crippen LogP contribution in [0, 0.1) is 5.41 Å². The Kier molecular flexibility index (Phi) is 5.33. The first kappa shape index (κ1) is 21.1. The maximum absolute atomic E-state index is 13.6. The number of imidazole rings is 1. The number of aromatic nitrogens is 4. The minimum absolute atomic E-state index is 0.00333. The number of aryl methyl sites for hydroxylation is 1. The molecule has 0 unspecified atom stereocenters. The van der Waals surface area contributed by atoms with E-state index in [0.29, 0.717) is 6.54 Å². The molecular formula is C23H29N5O3. The van der Waals surface area contributed by atoms with Crippen molar-refractivity contribution in [1.82, 2.24) is 23.6 Å². The minimum Gasteiger partial charge on any atom is -0.333 e. The van der Waals surface area contributed by atoms with Crippen LogP contribution >= 0.6 is 0 Å². The molecule has 0 aliphatic heterocycles. The van der Waals surface area contributed by atoms with Gasteiger partial charge in [-0.05, 0) is 23.8 Å². The molecule has 1 fully saturated rings. The Bertz CT molecular complexity index is 1240. The fourth-order valence-corrected chi connectivity index (χ4v) is 4.79. The number of nitrogens with zero attached hydrogens (tertiary/aromatic N) is 5. The quantitative estimate of drug-likeness (QED) is 0.629. The Labute approximate surface area is 180 Å². The zero-order valence-electron chi connectivity index (χ0n) is 18.5. The van der Waals surface area contributed by atoms with Crippen molar-refractivity contribution in [1.29, 1.82) is 0 Å². The van der Waals surface area contributed by atoms with Crippen LogP contribution in [0.3, 0.4) is 0 Å². The van der Waals surface area contributed by atoms with Crippen LogP contribution in [0.15, 0.2) is 46.2 Å². The van der Waals surface area contributed by atoms with Gasteiger partial charge >= 0.3 is 5.69 Å². The topological polar surface area (TPSA) is 82.1 Å². The van der Waals surface area contributed by atoms with Crippen LogP contribution < -0.4 is 11.2 Å². The van der Waals surface area contributed by atoms with Gasteiger partial charge in [0, 0.05) is 26.7 Å². The summed E-state index contributed by atoms with van der Waals surface area (Å²) in [5, 5.41) is 0. The van der Waals surface area contributed by atoms with Crippen LogP contribution in [0.2, 0.25) is 0 Å². The number of carbonyl (C=O) groups is 1. The van der Waals surface area contributed by atoms with Gasteiger partial charge in [0.15, 0.2) is 11.2 Å². The van der Waals surface area contributed by atoms with E-state index in [1.54, 1.807) is 11.6 Å². The summed E-state index contributed by atoms with van der Waals surface area (Å²) in [7, 11) is 3.01. The minimum atomic E-state index is -0.445. The van der Waals surface area contributed by atoms with E-state index in [0.717, 1.165) is 29.4 Å². The van der Waals surface area contributed by atoms with Crippen molar-refractivity contribution in [3.8, 4) is 0 Å². The molecule has 164 valence electrons. The van der Waals surface area contributed by atoms with Crippen molar-refractivity contribution >= 4 is 17.1 Å². The summed E-state index contributed by atoms with van der Waals surface area (Å²) in [6.07, 6.45) is 4.61. The van der Waals surface area contributed by atoms with E-state index in [2.05, 4.69) is 18.8 Å². The van der Waals surface area contributed by atoms with E-state index < -0.39 is 11.2 Å². The van der Waals surface area contributed by atoms with Crippen molar-refractivity contribution in [2.75, 3.05) is 0 Å². The molecule has 0 bridgehead atoms. The van der Waals surface area contributed by atoms with E-state index >= 15 is 0 Å². The summed E-state index contributed by atoms with van der Waals surface area (Å²) < 4.78 is 3.95. The summed E-state index contributed by atoms with van der Waals surface area (Å²) in [5.41, 5.74) is 0.778. The summed E-state index contributed by atoms with van der Waals surface area (Å²) >= 11 is 0. The Morgan fingerprint density at radius 2 is 1.87 bits per heavy atom. The van der Waals surface area contributed by atoms with E-state index in [1.807, 2.05) is 35.2 Å². The molecule has 0 spiro atoms. The molecule has 1 aromatic carbocycles. The molecule has 1 amide bonds. The molecular weight excluding hydrogens is 394 g/mol. The maximum Gasteiger partial charge on any atom is 0.332 e. The standard InChI is InChI=1S/C23H29N5O3/c1-23(2)12-8-11-17(23)28(13-16-9-6-5-7-10-16)18(29)14-27-15-24-20-19(27)21(30)26(4)22(31)25(20)3/h5-7,9-10,15,17H,8,11-14H2,1-4H3/t17-/m0/s1. The predicted molar refractivity (Wildman–Crippen MR) is 119 cm³/mol. The highest BCUT2D eigenvalue weighted by molar-refractivity contribution is 5.79. The molecule has 0 saturated heterocycles. The summed E-state index contributed by atoms with van der Waals surface area (Å²) in [4.78, 5) is 44.7. The fourth-order valence-electron chi connectivity index (χ4n) is 4.79. The number of fused-ring (bicyclic) bond motifs is 1. The van der Waals surface area contributed by atoms with Gasteiger partial charge in [0.1, 0.15) is 6.54 Å². The van der Waals surface area contributed by atoms with E-state index in [4.69, 9.17) is 0 Å². The summed E-state index contributed by atoms with van der Waals surface area (Å²) in [6.45, 7) is 4.96. The van der Waals surface area contributed by atoms with Crippen molar-refractivity contribution in [2.24, 2.45) is 19.5 Å². The van der Waals surface area contributed by atoms with Gasteiger partial charge in [-0.1, -0.05) is 50.6 Å². The highest BCUT2D eigenvalue weighted by Crippen LogP contribution is 2.41. The third-order valence-electron chi connectivity index (χ3n) is 6.62. The SMILES string of the molecule is Cn1c(=O)c2c(ncn2CC(=O)N(Cc2ccccc2)[C@H]2CCCC2(C)C)n(C)c1=O. The fraction of sp³-hybridized carbons (Fsp3) is 0.478. The van der Waals surface area contributed by atoms with E-state index in [-0.39, 0.29) is 35.1 Å². The predicted octanol–water partition coefficient (Wildman–Crippen LogP) is 2.04. The van der Waals surface area contributed by atoms with Crippen molar-refractivity contribution in [2.45, 2.75) is 52.2 Å². The molecule has 2 aromatic heterocycles. The average molecular weight is 424 g/mol. The highest BCUT2D eigenvalue weighted by Gasteiger charge is 2.40. The van der Waals surface area contributed by atoms with Crippen LogP contribution in [0.25, 0.3) is 11.2 Å². The molecule has 8 nitrogen and oxygen atoms in total. The Morgan fingerprint density at radius 3 is 2.52 bits per heavy atom. The number of hydrogen-bond acceptors (Lipinski definition) is 4. The van der Waals surface area contributed by atoms with Crippen LogP contribution in [-0.2, 0) is 32.0 Å². The molecule has 1 aliphatic rings. The Balaban J connectivity index is 1.71. The first-order valence-electron chi connectivity index (χ1n) is 10.6. The van der Waals surface area contributed by atoms with Crippen LogP contribution in [0.5, 0.6) is 0 Å². The van der Waals surface area contributed by atoms with Crippen LogP contribution in [0.4, 0.5) is 0 Å². The smallest absolute Gasteiger partial charge is 0.332 e. The van der Waals surface area contributed by atoms with Crippen molar-refractivity contribution in [3.05, 3.63) is 63.1 Å². The number of carbonyl (C=O) groups excluding carboxylic acids is 1. The lowest BCUT2D eigenvalue weighted by Crippen LogP contribution is -2.46. The molecule has 4 rings (SSSR count). The molecule has 0 N–H and O–H groups in total. The van der Waals surface area contributed by atoms with Gasteiger partial charge in [-0.25, -0.2) is 9.78 Å². The molecule has 1 atom stereocenters. The highest BCUT2D eigenvalue weighted by atomic mass is 16.2. The van der Waals surface area contributed by atoms with Gasteiger partial charge in [0.2, 0.25) is 5.91 Å². The lowest BCUT2D eigenvalue weighted by atomic mass is 9.86. The molecule has 0 radical (unpaired) electrons.